The fraction of sp³-hybridized carbons (Fsp3) is 0.238. The second-order valence-corrected chi connectivity index (χ2v) is 6.80. The number of benzene rings is 2. The molecule has 1 N–H and O–H groups in total. The van der Waals surface area contributed by atoms with Crippen molar-refractivity contribution in [3.63, 3.8) is 0 Å². The zero-order valence-corrected chi connectivity index (χ0v) is 16.0. The van der Waals surface area contributed by atoms with Gasteiger partial charge in [0.15, 0.2) is 0 Å². The summed E-state index contributed by atoms with van der Waals surface area (Å²) in [6, 6.07) is 14.5. The Bertz CT molecular complexity index is 1320. The number of aromatic nitrogens is 4. The Hall–Kier alpha value is -3.68. The highest BCUT2D eigenvalue weighted by atomic mass is 16.2. The van der Waals surface area contributed by atoms with Gasteiger partial charge in [-0.1, -0.05) is 31.2 Å². The van der Waals surface area contributed by atoms with E-state index >= 15 is 0 Å². The van der Waals surface area contributed by atoms with Crippen LogP contribution in [0.3, 0.4) is 0 Å². The van der Waals surface area contributed by atoms with Crippen LogP contribution in [0.5, 0.6) is 0 Å². The van der Waals surface area contributed by atoms with Gasteiger partial charge < -0.3 is 0 Å². The van der Waals surface area contributed by atoms with Gasteiger partial charge >= 0.3 is 5.69 Å². The molecule has 2 heterocycles. The quantitative estimate of drug-likeness (QED) is 0.545. The Labute approximate surface area is 166 Å². The number of fused-ring (bicyclic) bond motifs is 2. The minimum absolute atomic E-state index is 0.0549. The summed E-state index contributed by atoms with van der Waals surface area (Å²) >= 11 is 0. The summed E-state index contributed by atoms with van der Waals surface area (Å²) in [7, 11) is 0. The summed E-state index contributed by atoms with van der Waals surface area (Å²) in [5.41, 5.74) is 4.29. The number of hydrogen-bond acceptors (Lipinski definition) is 4. The van der Waals surface area contributed by atoms with Crippen LogP contribution in [-0.2, 0) is 17.9 Å². The summed E-state index contributed by atoms with van der Waals surface area (Å²) in [6.45, 7) is 2.86. The zero-order valence-electron chi connectivity index (χ0n) is 16.0. The minimum Gasteiger partial charge on any atom is -0.292 e. The number of amides is 1. The van der Waals surface area contributed by atoms with Gasteiger partial charge in [-0.3, -0.25) is 24.1 Å². The third kappa shape index (κ3) is 3.44. The second kappa shape index (κ2) is 7.75. The van der Waals surface area contributed by atoms with Crippen LogP contribution in [0.1, 0.15) is 19.8 Å². The predicted octanol–water partition coefficient (Wildman–Crippen LogP) is 2.08. The molecule has 2 aromatic heterocycles. The highest BCUT2D eigenvalue weighted by Crippen LogP contribution is 2.13. The van der Waals surface area contributed by atoms with Crippen molar-refractivity contribution < 1.29 is 4.79 Å². The van der Waals surface area contributed by atoms with Gasteiger partial charge in [0.25, 0.3) is 5.56 Å². The zero-order chi connectivity index (χ0) is 20.4. The van der Waals surface area contributed by atoms with E-state index < -0.39 is 0 Å². The number of carbonyl (C=O) groups excluding carboxylic acids is 1. The molecule has 0 fully saturated rings. The lowest BCUT2D eigenvalue weighted by Crippen LogP contribution is -2.34. The van der Waals surface area contributed by atoms with Crippen molar-refractivity contribution in [1.82, 2.24) is 18.8 Å². The number of nitrogens with one attached hydrogen (secondary N) is 1. The highest BCUT2D eigenvalue weighted by molar-refractivity contribution is 5.84. The molecule has 0 spiro atoms. The Balaban J connectivity index is 1.55. The lowest BCUT2D eigenvalue weighted by molar-refractivity contribution is -0.117. The number of aryl methyl sites for hydroxylation is 2. The first-order chi connectivity index (χ1) is 14.1. The van der Waals surface area contributed by atoms with Gasteiger partial charge in [0.1, 0.15) is 6.33 Å². The van der Waals surface area contributed by atoms with Crippen LogP contribution in [0.2, 0.25) is 0 Å². The molecule has 4 aromatic rings. The molecule has 8 heteroatoms. The van der Waals surface area contributed by atoms with E-state index in [-0.39, 0.29) is 30.1 Å². The van der Waals surface area contributed by atoms with Crippen molar-refractivity contribution in [3.8, 4) is 0 Å². The molecule has 0 bridgehead atoms. The molecule has 0 saturated carbocycles. The van der Waals surface area contributed by atoms with Gasteiger partial charge in [0, 0.05) is 19.5 Å². The Kier molecular flexibility index (Phi) is 4.99. The molecule has 0 aliphatic heterocycles. The second-order valence-electron chi connectivity index (χ2n) is 6.80. The molecule has 148 valence electrons. The van der Waals surface area contributed by atoms with Gasteiger partial charge in [-0.05, 0) is 30.7 Å². The molecule has 4 rings (SSSR count). The normalized spacial score (nSPS) is 11.2. The van der Waals surface area contributed by atoms with Gasteiger partial charge in [-0.15, -0.1) is 0 Å². The molecule has 0 atom stereocenters. The van der Waals surface area contributed by atoms with Crippen LogP contribution in [0.25, 0.3) is 21.9 Å². The van der Waals surface area contributed by atoms with E-state index in [1.165, 1.54) is 6.33 Å². The van der Waals surface area contributed by atoms with Gasteiger partial charge in [0.05, 0.1) is 21.9 Å². The number of para-hydroxylation sites is 3. The van der Waals surface area contributed by atoms with Crippen LogP contribution >= 0.6 is 0 Å². The monoisotopic (exact) mass is 391 g/mol. The summed E-state index contributed by atoms with van der Waals surface area (Å²) in [4.78, 5) is 41.9. The third-order valence-electron chi connectivity index (χ3n) is 4.85. The standard InChI is InChI=1S/C21H21N5O3/c1-2-12-24-17-9-5-6-10-18(17)25(21(24)29)13-11-19(27)23-26-14-22-16-8-4-3-7-15(16)20(26)28/h3-10,14H,2,11-13H2,1H3,(H,23,27). The van der Waals surface area contributed by atoms with Crippen molar-refractivity contribution in [2.24, 2.45) is 0 Å². The van der Waals surface area contributed by atoms with Gasteiger partial charge in [-0.25, -0.2) is 14.5 Å². The number of hydrogen-bond donors (Lipinski definition) is 1. The van der Waals surface area contributed by atoms with Gasteiger partial charge in [-0.2, -0.15) is 0 Å². The summed E-state index contributed by atoms with van der Waals surface area (Å²) in [5.74, 6) is -0.372. The predicted molar refractivity (Wildman–Crippen MR) is 111 cm³/mol. The number of rotatable bonds is 6. The van der Waals surface area contributed by atoms with Crippen molar-refractivity contribution in [3.05, 3.63) is 75.7 Å². The lowest BCUT2D eigenvalue weighted by atomic mass is 10.2. The minimum atomic E-state index is -0.372. The third-order valence-corrected chi connectivity index (χ3v) is 4.85. The molecule has 0 aliphatic rings. The summed E-state index contributed by atoms with van der Waals surface area (Å²) in [6.07, 6.45) is 2.19. The van der Waals surface area contributed by atoms with E-state index in [2.05, 4.69) is 10.4 Å². The van der Waals surface area contributed by atoms with E-state index in [1.54, 1.807) is 33.4 Å². The average molecular weight is 391 g/mol. The van der Waals surface area contributed by atoms with Crippen LogP contribution < -0.4 is 16.7 Å². The van der Waals surface area contributed by atoms with Crippen LogP contribution in [0.15, 0.2) is 64.4 Å². The van der Waals surface area contributed by atoms with Crippen molar-refractivity contribution in [2.45, 2.75) is 32.9 Å². The lowest BCUT2D eigenvalue weighted by Gasteiger charge is -2.09. The molecular weight excluding hydrogens is 370 g/mol. The molecule has 29 heavy (non-hydrogen) atoms. The number of imidazole rings is 1. The van der Waals surface area contributed by atoms with Crippen molar-refractivity contribution in [2.75, 3.05) is 5.43 Å². The number of carbonyl (C=O) groups is 1. The fourth-order valence-electron chi connectivity index (χ4n) is 3.48. The highest BCUT2D eigenvalue weighted by Gasteiger charge is 2.14. The van der Waals surface area contributed by atoms with E-state index in [4.69, 9.17) is 0 Å². The first kappa shape index (κ1) is 18.7. The first-order valence-corrected chi connectivity index (χ1v) is 9.54. The largest absolute Gasteiger partial charge is 0.329 e. The molecule has 0 saturated heterocycles. The topological polar surface area (TPSA) is 90.9 Å². The molecule has 0 radical (unpaired) electrons. The van der Waals surface area contributed by atoms with E-state index in [0.29, 0.717) is 17.4 Å². The van der Waals surface area contributed by atoms with E-state index in [0.717, 1.165) is 22.1 Å². The Morgan fingerprint density at radius 1 is 0.966 bits per heavy atom. The average Bonchev–Trinajstić information content (AvgIpc) is 3.00. The Morgan fingerprint density at radius 3 is 2.34 bits per heavy atom. The maximum absolute atomic E-state index is 12.8. The van der Waals surface area contributed by atoms with Crippen LogP contribution in [0.4, 0.5) is 0 Å². The van der Waals surface area contributed by atoms with E-state index in [9.17, 15) is 14.4 Å². The number of nitrogens with zero attached hydrogens (tertiary/aromatic N) is 4. The fourth-order valence-corrected chi connectivity index (χ4v) is 3.48. The molecule has 2 aromatic carbocycles. The molecule has 8 nitrogen and oxygen atoms in total. The summed E-state index contributed by atoms with van der Waals surface area (Å²) in [5, 5.41) is 0.425. The smallest absolute Gasteiger partial charge is 0.292 e. The molecular formula is C21H21N5O3. The molecule has 0 unspecified atom stereocenters. The molecule has 1 amide bonds. The van der Waals surface area contributed by atoms with Crippen LogP contribution in [0, 0.1) is 0 Å². The van der Waals surface area contributed by atoms with Crippen molar-refractivity contribution >= 4 is 27.8 Å². The summed E-state index contributed by atoms with van der Waals surface area (Å²) < 4.78 is 4.41. The Morgan fingerprint density at radius 2 is 1.62 bits per heavy atom. The first-order valence-electron chi connectivity index (χ1n) is 9.54. The maximum Gasteiger partial charge on any atom is 0.329 e. The van der Waals surface area contributed by atoms with Crippen molar-refractivity contribution in [1.29, 1.82) is 0 Å². The van der Waals surface area contributed by atoms with Gasteiger partial charge in [0.2, 0.25) is 5.91 Å². The SMILES string of the molecule is CCCn1c(=O)n(CCC(=O)Nn2cnc3ccccc3c2=O)c2ccccc21. The van der Waals surface area contributed by atoms with Crippen LogP contribution in [-0.4, -0.2) is 24.7 Å². The molecule has 0 aliphatic carbocycles. The van der Waals surface area contributed by atoms with E-state index in [1.807, 2.05) is 31.2 Å². The maximum atomic E-state index is 12.8.